The van der Waals surface area contributed by atoms with Gasteiger partial charge >= 0.3 is 0 Å². The van der Waals surface area contributed by atoms with Crippen LogP contribution < -0.4 is 5.32 Å². The topological polar surface area (TPSA) is 76.4 Å². The zero-order chi connectivity index (χ0) is 15.5. The molecule has 1 saturated carbocycles. The molecule has 21 heavy (non-hydrogen) atoms. The molecule has 0 aliphatic heterocycles. The van der Waals surface area contributed by atoms with Gasteiger partial charge in [-0.15, -0.1) is 0 Å². The SMILES string of the molecule is O=C(NCCCC1CCCC1)c1cc(S(=O)(=O)Cl)c(Br)o1. The zero-order valence-corrected chi connectivity index (χ0v) is 14.6. The number of rotatable bonds is 6. The first-order chi connectivity index (χ1) is 9.88. The third kappa shape index (κ3) is 4.72. The minimum atomic E-state index is -3.93. The summed E-state index contributed by atoms with van der Waals surface area (Å²) in [7, 11) is 1.30. The van der Waals surface area contributed by atoms with Crippen molar-refractivity contribution in [3.8, 4) is 0 Å². The molecule has 0 saturated heterocycles. The van der Waals surface area contributed by atoms with Crippen LogP contribution in [0.5, 0.6) is 0 Å². The van der Waals surface area contributed by atoms with Crippen LogP contribution >= 0.6 is 26.6 Å². The number of furan rings is 1. The molecule has 0 atom stereocenters. The normalized spacial score (nSPS) is 16.3. The highest BCUT2D eigenvalue weighted by molar-refractivity contribution is 9.10. The second-order valence-corrected chi connectivity index (χ2v) is 8.49. The van der Waals surface area contributed by atoms with Crippen molar-refractivity contribution in [3.05, 3.63) is 16.5 Å². The van der Waals surface area contributed by atoms with Crippen molar-refractivity contribution in [1.29, 1.82) is 0 Å². The molecule has 1 aliphatic rings. The minimum Gasteiger partial charge on any atom is -0.443 e. The van der Waals surface area contributed by atoms with Gasteiger partial charge in [0.2, 0.25) is 0 Å². The van der Waals surface area contributed by atoms with E-state index in [4.69, 9.17) is 15.1 Å². The van der Waals surface area contributed by atoms with Crippen LogP contribution in [0, 0.1) is 5.92 Å². The maximum atomic E-state index is 11.9. The number of halogens is 2. The summed E-state index contributed by atoms with van der Waals surface area (Å²) in [5.74, 6) is 0.281. The average molecular weight is 399 g/mol. The van der Waals surface area contributed by atoms with E-state index < -0.39 is 15.0 Å². The fourth-order valence-electron chi connectivity index (χ4n) is 2.61. The lowest BCUT2D eigenvalue weighted by Gasteiger charge is -2.08. The summed E-state index contributed by atoms with van der Waals surface area (Å²) in [5.41, 5.74) is 0. The van der Waals surface area contributed by atoms with Gasteiger partial charge in [-0.2, -0.15) is 0 Å². The summed E-state index contributed by atoms with van der Waals surface area (Å²) in [4.78, 5) is 11.6. The summed E-state index contributed by atoms with van der Waals surface area (Å²) in [6.45, 7) is 0.552. The molecule has 8 heteroatoms. The van der Waals surface area contributed by atoms with Gasteiger partial charge in [-0.1, -0.05) is 25.7 Å². The molecule has 0 radical (unpaired) electrons. The Morgan fingerprint density at radius 2 is 2.10 bits per heavy atom. The van der Waals surface area contributed by atoms with E-state index in [9.17, 15) is 13.2 Å². The highest BCUT2D eigenvalue weighted by Gasteiger charge is 2.23. The second-order valence-electron chi connectivity index (χ2n) is 5.24. The Labute approximate surface area is 137 Å². The summed E-state index contributed by atoms with van der Waals surface area (Å²) in [5, 5.41) is 2.72. The van der Waals surface area contributed by atoms with E-state index in [0.29, 0.717) is 6.54 Å². The molecular weight excluding hydrogens is 382 g/mol. The smallest absolute Gasteiger partial charge is 0.287 e. The third-order valence-corrected chi connectivity index (χ3v) is 5.87. The molecule has 1 aromatic rings. The second kappa shape index (κ2) is 7.15. The molecule has 1 heterocycles. The van der Waals surface area contributed by atoms with Crippen LogP contribution in [0.4, 0.5) is 0 Å². The van der Waals surface area contributed by atoms with Crippen LogP contribution in [0.15, 0.2) is 20.0 Å². The molecule has 1 aliphatic carbocycles. The van der Waals surface area contributed by atoms with Crippen LogP contribution in [-0.4, -0.2) is 20.9 Å². The molecule has 1 fully saturated rings. The van der Waals surface area contributed by atoms with Crippen LogP contribution in [0.3, 0.4) is 0 Å². The predicted molar refractivity (Wildman–Crippen MR) is 83.0 cm³/mol. The van der Waals surface area contributed by atoms with Crippen LogP contribution in [0.2, 0.25) is 0 Å². The summed E-state index contributed by atoms with van der Waals surface area (Å²) < 4.78 is 27.5. The largest absolute Gasteiger partial charge is 0.443 e. The van der Waals surface area contributed by atoms with Gasteiger partial charge in [0.15, 0.2) is 10.4 Å². The van der Waals surface area contributed by atoms with Gasteiger partial charge in [0.1, 0.15) is 4.90 Å². The maximum absolute atomic E-state index is 11.9. The molecule has 0 aromatic carbocycles. The Hall–Kier alpha value is -0.530. The average Bonchev–Trinajstić information content (AvgIpc) is 3.02. The van der Waals surface area contributed by atoms with Crippen LogP contribution in [-0.2, 0) is 9.05 Å². The van der Waals surface area contributed by atoms with E-state index in [-0.39, 0.29) is 15.3 Å². The van der Waals surface area contributed by atoms with Crippen molar-refractivity contribution in [2.75, 3.05) is 6.54 Å². The summed E-state index contributed by atoms with van der Waals surface area (Å²) >= 11 is 2.94. The fraction of sp³-hybridized carbons (Fsp3) is 0.615. The Morgan fingerprint density at radius 3 is 2.67 bits per heavy atom. The molecule has 1 aromatic heterocycles. The van der Waals surface area contributed by atoms with E-state index in [1.54, 1.807) is 0 Å². The maximum Gasteiger partial charge on any atom is 0.287 e. The van der Waals surface area contributed by atoms with Crippen molar-refractivity contribution >= 4 is 41.6 Å². The number of hydrogen-bond acceptors (Lipinski definition) is 4. The molecule has 1 amide bonds. The Kier molecular flexibility index (Phi) is 5.73. The van der Waals surface area contributed by atoms with Gasteiger partial charge in [-0.25, -0.2) is 8.42 Å². The Bertz CT molecular complexity index is 608. The first-order valence-electron chi connectivity index (χ1n) is 6.90. The monoisotopic (exact) mass is 397 g/mol. The van der Waals surface area contributed by atoms with Gasteiger partial charge in [-0.05, 0) is 34.7 Å². The highest BCUT2D eigenvalue weighted by atomic mass is 79.9. The predicted octanol–water partition coefficient (Wildman–Crippen LogP) is 3.67. The van der Waals surface area contributed by atoms with Gasteiger partial charge in [0, 0.05) is 23.3 Å². The number of carbonyl (C=O) groups is 1. The van der Waals surface area contributed by atoms with Crippen LogP contribution in [0.1, 0.15) is 49.1 Å². The molecule has 118 valence electrons. The van der Waals surface area contributed by atoms with Gasteiger partial charge in [0.25, 0.3) is 15.0 Å². The van der Waals surface area contributed by atoms with Crippen molar-refractivity contribution in [2.45, 2.75) is 43.4 Å². The third-order valence-electron chi connectivity index (χ3n) is 3.69. The van der Waals surface area contributed by atoms with Crippen molar-refractivity contribution in [3.63, 3.8) is 0 Å². The van der Waals surface area contributed by atoms with E-state index >= 15 is 0 Å². The molecule has 2 rings (SSSR count). The quantitative estimate of drug-likeness (QED) is 0.586. The molecule has 1 N–H and O–H groups in total. The first kappa shape index (κ1) is 16.8. The van der Waals surface area contributed by atoms with Crippen LogP contribution in [0.25, 0.3) is 0 Å². The Balaban J connectivity index is 1.83. The lowest BCUT2D eigenvalue weighted by atomic mass is 10.0. The fourth-order valence-corrected chi connectivity index (χ4v) is 4.64. The number of hydrogen-bond donors (Lipinski definition) is 1. The molecule has 0 bridgehead atoms. The van der Waals surface area contributed by atoms with E-state index in [1.807, 2.05) is 0 Å². The number of carbonyl (C=O) groups excluding carboxylic acids is 1. The lowest BCUT2D eigenvalue weighted by molar-refractivity contribution is 0.0923. The first-order valence-corrected chi connectivity index (χ1v) is 10.0. The molecular formula is C13H17BrClNO4S. The van der Waals surface area contributed by atoms with Gasteiger partial charge in [0.05, 0.1) is 0 Å². The summed E-state index contributed by atoms with van der Waals surface area (Å²) in [6.07, 6.45) is 7.23. The van der Waals surface area contributed by atoms with E-state index in [1.165, 1.54) is 25.7 Å². The van der Waals surface area contributed by atoms with Crippen molar-refractivity contribution in [1.82, 2.24) is 5.32 Å². The minimum absolute atomic E-state index is 0.0615. The standard InChI is InChI=1S/C13H17BrClNO4S/c14-12-11(21(15,18)19)8-10(20-12)13(17)16-7-3-6-9-4-1-2-5-9/h8-9H,1-7H2,(H,16,17). The lowest BCUT2D eigenvalue weighted by Crippen LogP contribution is -2.24. The van der Waals surface area contributed by atoms with E-state index in [0.717, 1.165) is 24.8 Å². The highest BCUT2D eigenvalue weighted by Crippen LogP contribution is 2.29. The summed E-state index contributed by atoms with van der Waals surface area (Å²) in [6, 6.07) is 1.12. The Morgan fingerprint density at radius 1 is 1.43 bits per heavy atom. The number of amides is 1. The van der Waals surface area contributed by atoms with Crippen molar-refractivity contribution < 1.29 is 17.6 Å². The number of nitrogens with one attached hydrogen (secondary N) is 1. The van der Waals surface area contributed by atoms with Crippen molar-refractivity contribution in [2.24, 2.45) is 5.92 Å². The molecule has 0 spiro atoms. The molecule has 5 nitrogen and oxygen atoms in total. The zero-order valence-electron chi connectivity index (χ0n) is 11.4. The van der Waals surface area contributed by atoms with E-state index in [2.05, 4.69) is 21.2 Å². The molecule has 0 unspecified atom stereocenters. The van der Waals surface area contributed by atoms with Gasteiger partial charge < -0.3 is 9.73 Å². The van der Waals surface area contributed by atoms with Gasteiger partial charge in [-0.3, -0.25) is 4.79 Å².